The van der Waals surface area contributed by atoms with Crippen molar-refractivity contribution in [2.45, 2.75) is 89.4 Å². The van der Waals surface area contributed by atoms with Crippen molar-refractivity contribution in [2.75, 3.05) is 13.1 Å². The first-order valence-corrected chi connectivity index (χ1v) is 8.78. The fraction of sp³-hybridized carbons (Fsp3) is 1.00. The topological polar surface area (TPSA) is 49.0 Å². The summed E-state index contributed by atoms with van der Waals surface area (Å²) in [6.45, 7) is 18.5. The van der Waals surface area contributed by atoms with Gasteiger partial charge in [-0.05, 0) is 68.5 Å². The minimum Gasteiger partial charge on any atom is -0.403 e. The van der Waals surface area contributed by atoms with Gasteiger partial charge in [0.2, 0.25) is 0 Å². The maximum atomic E-state index is 6.27. The fourth-order valence-electron chi connectivity index (χ4n) is 3.44. The van der Waals surface area contributed by atoms with Crippen LogP contribution in [0, 0.1) is 0 Å². The number of hydrogen-bond donors (Lipinski definition) is 1. The molecule has 0 unspecified atom stereocenters. The molecule has 3 aliphatic rings. The van der Waals surface area contributed by atoms with Crippen molar-refractivity contribution in [3.63, 3.8) is 0 Å². The Balaban J connectivity index is 1.75. The maximum absolute atomic E-state index is 6.27. The molecule has 3 fully saturated rings. The summed E-state index contributed by atoms with van der Waals surface area (Å²) in [5.41, 5.74) is -1.22. The molecular formula is C16H31B2NO4. The lowest BCUT2D eigenvalue weighted by molar-refractivity contribution is 0.00578. The zero-order chi connectivity index (χ0) is 17.3. The fourth-order valence-corrected chi connectivity index (χ4v) is 3.44. The van der Waals surface area contributed by atoms with Crippen LogP contribution in [0.25, 0.3) is 0 Å². The van der Waals surface area contributed by atoms with Gasteiger partial charge < -0.3 is 23.9 Å². The van der Waals surface area contributed by atoms with Crippen LogP contribution in [-0.4, -0.2) is 49.7 Å². The lowest BCUT2D eigenvalue weighted by atomic mass is 9.54. The molecule has 0 bridgehead atoms. The first-order chi connectivity index (χ1) is 10.4. The second kappa shape index (κ2) is 5.21. The van der Waals surface area contributed by atoms with Crippen LogP contribution in [0.3, 0.4) is 0 Å². The average Bonchev–Trinajstić information content (AvgIpc) is 2.96. The van der Waals surface area contributed by atoms with Gasteiger partial charge in [-0.2, -0.15) is 0 Å². The summed E-state index contributed by atoms with van der Waals surface area (Å²) in [5, 5.41) is 3.47. The second-order valence-electron chi connectivity index (χ2n) is 9.24. The van der Waals surface area contributed by atoms with Crippen LogP contribution in [0.4, 0.5) is 0 Å². The molecule has 23 heavy (non-hydrogen) atoms. The smallest absolute Gasteiger partial charge is 0.403 e. The molecule has 3 rings (SSSR count). The second-order valence-corrected chi connectivity index (χ2v) is 9.24. The molecule has 2 atom stereocenters. The summed E-state index contributed by atoms with van der Waals surface area (Å²) in [5.74, 6) is 0.455. The minimum atomic E-state index is -0.305. The molecule has 0 saturated carbocycles. The maximum Gasteiger partial charge on any atom is 0.462 e. The van der Waals surface area contributed by atoms with Crippen LogP contribution in [0.15, 0.2) is 0 Å². The highest BCUT2D eigenvalue weighted by Crippen LogP contribution is 2.48. The zero-order valence-corrected chi connectivity index (χ0v) is 15.9. The Morgan fingerprint density at radius 1 is 0.609 bits per heavy atom. The highest BCUT2D eigenvalue weighted by Gasteiger charge is 2.61. The lowest BCUT2D eigenvalue weighted by Gasteiger charge is -2.32. The van der Waals surface area contributed by atoms with Crippen molar-refractivity contribution < 1.29 is 18.6 Å². The molecule has 0 aromatic heterocycles. The van der Waals surface area contributed by atoms with Gasteiger partial charge in [-0.15, -0.1) is 0 Å². The molecule has 3 saturated heterocycles. The molecule has 7 heteroatoms. The molecule has 0 aromatic carbocycles. The van der Waals surface area contributed by atoms with E-state index in [1.807, 2.05) is 0 Å². The SMILES string of the molecule is CC1(C)OB([C@H]2CNC[C@H]2B2OC(C)(C)C(C)(C)O2)OC1(C)C. The van der Waals surface area contributed by atoms with Gasteiger partial charge >= 0.3 is 14.2 Å². The molecule has 3 heterocycles. The molecular weight excluding hydrogens is 292 g/mol. The van der Waals surface area contributed by atoms with Gasteiger partial charge in [0, 0.05) is 11.6 Å². The van der Waals surface area contributed by atoms with Gasteiger partial charge in [0.15, 0.2) is 0 Å². The molecule has 0 radical (unpaired) electrons. The predicted molar refractivity (Wildman–Crippen MR) is 92.5 cm³/mol. The van der Waals surface area contributed by atoms with Crippen LogP contribution >= 0.6 is 0 Å². The molecule has 130 valence electrons. The number of rotatable bonds is 2. The van der Waals surface area contributed by atoms with E-state index in [2.05, 4.69) is 60.7 Å². The number of hydrogen-bond acceptors (Lipinski definition) is 5. The Morgan fingerprint density at radius 2 is 0.870 bits per heavy atom. The van der Waals surface area contributed by atoms with E-state index in [-0.39, 0.29) is 48.3 Å². The normalized spacial score (nSPS) is 37.6. The van der Waals surface area contributed by atoms with Crippen LogP contribution < -0.4 is 5.32 Å². The number of nitrogens with one attached hydrogen (secondary N) is 1. The van der Waals surface area contributed by atoms with E-state index in [0.29, 0.717) is 0 Å². The minimum absolute atomic E-state index is 0.223. The summed E-state index contributed by atoms with van der Waals surface area (Å²) in [7, 11) is -0.446. The van der Waals surface area contributed by atoms with E-state index in [4.69, 9.17) is 18.6 Å². The average molecular weight is 323 g/mol. The summed E-state index contributed by atoms with van der Waals surface area (Å²) in [6.07, 6.45) is 0. The summed E-state index contributed by atoms with van der Waals surface area (Å²) in [4.78, 5) is 0. The lowest BCUT2D eigenvalue weighted by Crippen LogP contribution is -2.41. The van der Waals surface area contributed by atoms with Crippen molar-refractivity contribution in [1.29, 1.82) is 0 Å². The van der Waals surface area contributed by atoms with Crippen molar-refractivity contribution in [3.05, 3.63) is 0 Å². The van der Waals surface area contributed by atoms with Crippen LogP contribution in [0.1, 0.15) is 55.4 Å². The molecule has 3 aliphatic heterocycles. The van der Waals surface area contributed by atoms with Crippen molar-refractivity contribution in [2.24, 2.45) is 0 Å². The van der Waals surface area contributed by atoms with Crippen molar-refractivity contribution >= 4 is 14.2 Å². The van der Waals surface area contributed by atoms with Gasteiger partial charge in [-0.1, -0.05) is 0 Å². The van der Waals surface area contributed by atoms with Gasteiger partial charge in [-0.25, -0.2) is 0 Å². The van der Waals surface area contributed by atoms with E-state index >= 15 is 0 Å². The van der Waals surface area contributed by atoms with Crippen LogP contribution in [0.2, 0.25) is 11.6 Å². The Morgan fingerprint density at radius 3 is 1.13 bits per heavy atom. The van der Waals surface area contributed by atoms with Crippen LogP contribution in [0.5, 0.6) is 0 Å². The molecule has 5 nitrogen and oxygen atoms in total. The van der Waals surface area contributed by atoms with Gasteiger partial charge in [0.25, 0.3) is 0 Å². The quantitative estimate of drug-likeness (QED) is 0.792. The Hall–Kier alpha value is -0.0701. The van der Waals surface area contributed by atoms with E-state index in [9.17, 15) is 0 Å². The Bertz CT molecular complexity index is 407. The highest BCUT2D eigenvalue weighted by atomic mass is 16.7. The molecule has 0 aromatic rings. The van der Waals surface area contributed by atoms with E-state index in [1.54, 1.807) is 0 Å². The van der Waals surface area contributed by atoms with E-state index in [0.717, 1.165) is 13.1 Å². The molecule has 0 amide bonds. The summed E-state index contributed by atoms with van der Waals surface area (Å²) in [6, 6.07) is 0. The predicted octanol–water partition coefficient (Wildman–Crippen LogP) is 2.51. The standard InChI is InChI=1S/C16H31B2NO4/c1-13(2)14(3,4)21-17(20-13)11-9-19-10-12(11)18-22-15(5,6)16(7,8)23-18/h11-12,19H,9-10H2,1-8H3/t11-,12+. The van der Waals surface area contributed by atoms with E-state index in [1.165, 1.54) is 0 Å². The third kappa shape index (κ3) is 2.78. The van der Waals surface area contributed by atoms with Crippen molar-refractivity contribution in [1.82, 2.24) is 5.32 Å². The van der Waals surface area contributed by atoms with Crippen LogP contribution in [-0.2, 0) is 18.6 Å². The van der Waals surface area contributed by atoms with Gasteiger partial charge in [-0.3, -0.25) is 0 Å². The van der Waals surface area contributed by atoms with Gasteiger partial charge in [0.05, 0.1) is 22.4 Å². The summed E-state index contributed by atoms with van der Waals surface area (Å²) < 4.78 is 25.1. The molecule has 0 aliphatic carbocycles. The molecule has 1 N–H and O–H groups in total. The third-order valence-electron chi connectivity index (χ3n) is 6.55. The molecule has 0 spiro atoms. The van der Waals surface area contributed by atoms with Gasteiger partial charge in [0.1, 0.15) is 0 Å². The largest absolute Gasteiger partial charge is 0.462 e. The Kier molecular flexibility index (Phi) is 4.02. The monoisotopic (exact) mass is 323 g/mol. The van der Waals surface area contributed by atoms with Crippen molar-refractivity contribution in [3.8, 4) is 0 Å². The Labute approximate surface area is 141 Å². The summed E-state index contributed by atoms with van der Waals surface area (Å²) >= 11 is 0. The first-order valence-electron chi connectivity index (χ1n) is 8.78. The first kappa shape index (κ1) is 17.7. The third-order valence-corrected chi connectivity index (χ3v) is 6.55. The highest BCUT2D eigenvalue weighted by molar-refractivity contribution is 6.55. The van der Waals surface area contributed by atoms with E-state index < -0.39 is 0 Å². The zero-order valence-electron chi connectivity index (χ0n) is 15.9.